The minimum absolute atomic E-state index is 0.0511. The molecule has 0 saturated carbocycles. The highest BCUT2D eigenvalue weighted by molar-refractivity contribution is 6.13. The van der Waals surface area contributed by atoms with Crippen molar-refractivity contribution in [1.82, 2.24) is 4.90 Å². The number of ether oxygens (including phenoxy) is 3. The average molecular weight is 510 g/mol. The fourth-order valence-corrected chi connectivity index (χ4v) is 5.12. The SMILES string of the molecule is COc1ccc(-c2ccc3cc(OC)ccc3c2)c(C(=O)c2ccc(OCCN3CCCCCC3)cc2)c1. The molecule has 0 aliphatic carbocycles. The van der Waals surface area contributed by atoms with E-state index in [2.05, 4.69) is 17.0 Å². The summed E-state index contributed by atoms with van der Waals surface area (Å²) in [7, 11) is 3.28. The van der Waals surface area contributed by atoms with Crippen LogP contribution in [0.5, 0.6) is 17.2 Å². The van der Waals surface area contributed by atoms with Crippen molar-refractivity contribution >= 4 is 16.6 Å². The molecule has 1 aliphatic rings. The molecule has 0 bridgehead atoms. The van der Waals surface area contributed by atoms with Gasteiger partial charge < -0.3 is 14.2 Å². The van der Waals surface area contributed by atoms with Crippen molar-refractivity contribution in [2.24, 2.45) is 0 Å². The van der Waals surface area contributed by atoms with Gasteiger partial charge in [-0.1, -0.05) is 31.0 Å². The maximum atomic E-state index is 13.7. The van der Waals surface area contributed by atoms with E-state index in [0.717, 1.165) is 53.0 Å². The Hall–Kier alpha value is -3.83. The number of likely N-dealkylation sites (tertiary alicyclic amines) is 1. The molecular formula is C33H35NO4. The van der Waals surface area contributed by atoms with Crippen LogP contribution >= 0.6 is 0 Å². The zero-order valence-corrected chi connectivity index (χ0v) is 22.2. The van der Waals surface area contributed by atoms with Crippen molar-refractivity contribution < 1.29 is 19.0 Å². The Morgan fingerprint density at radius 1 is 0.711 bits per heavy atom. The van der Waals surface area contributed by atoms with Crippen LogP contribution in [0, 0.1) is 0 Å². The number of ketones is 1. The number of methoxy groups -OCH3 is 2. The molecule has 4 aromatic carbocycles. The zero-order chi connectivity index (χ0) is 26.3. The molecule has 5 rings (SSSR count). The van der Waals surface area contributed by atoms with Gasteiger partial charge in [0.15, 0.2) is 5.78 Å². The zero-order valence-electron chi connectivity index (χ0n) is 22.2. The third-order valence-corrected chi connectivity index (χ3v) is 7.32. The molecule has 4 aromatic rings. The first-order chi connectivity index (χ1) is 18.6. The summed E-state index contributed by atoms with van der Waals surface area (Å²) in [5.41, 5.74) is 3.06. The second-order valence-corrected chi connectivity index (χ2v) is 9.80. The maximum Gasteiger partial charge on any atom is 0.193 e. The van der Waals surface area contributed by atoms with Gasteiger partial charge in [0, 0.05) is 17.7 Å². The fourth-order valence-electron chi connectivity index (χ4n) is 5.12. The normalized spacial score (nSPS) is 14.2. The summed E-state index contributed by atoms with van der Waals surface area (Å²) in [6.45, 7) is 3.91. The monoisotopic (exact) mass is 509 g/mol. The number of rotatable bonds is 9. The lowest BCUT2D eigenvalue weighted by atomic mass is 9.92. The van der Waals surface area contributed by atoms with Gasteiger partial charge in [-0.15, -0.1) is 0 Å². The van der Waals surface area contributed by atoms with E-state index in [-0.39, 0.29) is 5.78 Å². The minimum Gasteiger partial charge on any atom is -0.497 e. The third-order valence-electron chi connectivity index (χ3n) is 7.32. The van der Waals surface area contributed by atoms with Crippen LogP contribution in [0.3, 0.4) is 0 Å². The van der Waals surface area contributed by atoms with Crippen LogP contribution in [0.25, 0.3) is 21.9 Å². The molecule has 5 nitrogen and oxygen atoms in total. The Morgan fingerprint density at radius 3 is 2.08 bits per heavy atom. The fraction of sp³-hybridized carbons (Fsp3) is 0.303. The van der Waals surface area contributed by atoms with E-state index in [0.29, 0.717) is 23.5 Å². The molecule has 0 unspecified atom stereocenters. The van der Waals surface area contributed by atoms with Gasteiger partial charge in [-0.3, -0.25) is 9.69 Å². The van der Waals surface area contributed by atoms with E-state index in [1.807, 2.05) is 66.7 Å². The second kappa shape index (κ2) is 12.1. The van der Waals surface area contributed by atoms with Crippen LogP contribution in [0.4, 0.5) is 0 Å². The summed E-state index contributed by atoms with van der Waals surface area (Å²) >= 11 is 0. The lowest BCUT2D eigenvalue weighted by molar-refractivity contribution is 0.103. The van der Waals surface area contributed by atoms with E-state index >= 15 is 0 Å². The summed E-state index contributed by atoms with van der Waals surface area (Å²) in [6, 6.07) is 25.3. The number of hydrogen-bond acceptors (Lipinski definition) is 5. The summed E-state index contributed by atoms with van der Waals surface area (Å²) in [5, 5.41) is 2.17. The Kier molecular flexibility index (Phi) is 8.25. The number of benzene rings is 4. The Morgan fingerprint density at radius 2 is 1.34 bits per heavy atom. The van der Waals surface area contributed by atoms with Gasteiger partial charge >= 0.3 is 0 Å². The summed E-state index contributed by atoms with van der Waals surface area (Å²) < 4.78 is 16.8. The molecule has 0 amide bonds. The van der Waals surface area contributed by atoms with E-state index < -0.39 is 0 Å². The van der Waals surface area contributed by atoms with Crippen LogP contribution < -0.4 is 14.2 Å². The molecular weight excluding hydrogens is 474 g/mol. The van der Waals surface area contributed by atoms with Crippen molar-refractivity contribution in [3.63, 3.8) is 0 Å². The van der Waals surface area contributed by atoms with Gasteiger partial charge in [-0.2, -0.15) is 0 Å². The van der Waals surface area contributed by atoms with Gasteiger partial charge in [0.2, 0.25) is 0 Å². The number of nitrogens with zero attached hydrogens (tertiary/aromatic N) is 1. The van der Waals surface area contributed by atoms with Gasteiger partial charge in [-0.05, 0) is 108 Å². The predicted molar refractivity (Wildman–Crippen MR) is 153 cm³/mol. The molecule has 1 heterocycles. The van der Waals surface area contributed by atoms with Crippen molar-refractivity contribution in [3.05, 3.63) is 90.0 Å². The number of fused-ring (bicyclic) bond motifs is 1. The summed E-state index contributed by atoms with van der Waals surface area (Å²) in [6.07, 6.45) is 5.21. The van der Waals surface area contributed by atoms with Crippen molar-refractivity contribution in [3.8, 4) is 28.4 Å². The highest BCUT2D eigenvalue weighted by Gasteiger charge is 2.17. The molecule has 0 N–H and O–H groups in total. The quantitative estimate of drug-likeness (QED) is 0.227. The van der Waals surface area contributed by atoms with Crippen molar-refractivity contribution in [1.29, 1.82) is 0 Å². The highest BCUT2D eigenvalue weighted by atomic mass is 16.5. The Bertz CT molecular complexity index is 1390. The highest BCUT2D eigenvalue weighted by Crippen LogP contribution is 2.32. The van der Waals surface area contributed by atoms with E-state index in [1.54, 1.807) is 14.2 Å². The molecule has 1 aliphatic heterocycles. The summed E-state index contributed by atoms with van der Waals surface area (Å²) in [4.78, 5) is 16.2. The van der Waals surface area contributed by atoms with Crippen LogP contribution in [0.1, 0.15) is 41.6 Å². The van der Waals surface area contributed by atoms with E-state index in [4.69, 9.17) is 14.2 Å². The molecule has 0 aromatic heterocycles. The van der Waals surface area contributed by atoms with Crippen LogP contribution in [-0.4, -0.2) is 51.1 Å². The van der Waals surface area contributed by atoms with Crippen LogP contribution in [-0.2, 0) is 0 Å². The second-order valence-electron chi connectivity index (χ2n) is 9.80. The smallest absolute Gasteiger partial charge is 0.193 e. The lowest BCUT2D eigenvalue weighted by Gasteiger charge is -2.19. The molecule has 38 heavy (non-hydrogen) atoms. The standard InChI is InChI=1S/C33H35NO4/c1-36-29-14-11-25-21-27(8-7-26(25)22-29)31-16-15-30(37-2)23-32(31)33(35)24-9-12-28(13-10-24)38-20-19-34-17-5-3-4-6-18-34/h7-16,21-23H,3-6,17-20H2,1-2H3. The van der Waals surface area contributed by atoms with E-state index in [1.165, 1.54) is 25.7 Å². The van der Waals surface area contributed by atoms with Crippen LogP contribution in [0.2, 0.25) is 0 Å². The predicted octanol–water partition coefficient (Wildman–Crippen LogP) is 7.01. The van der Waals surface area contributed by atoms with Gasteiger partial charge in [0.1, 0.15) is 23.9 Å². The molecule has 0 spiro atoms. The van der Waals surface area contributed by atoms with E-state index in [9.17, 15) is 4.79 Å². The maximum absolute atomic E-state index is 13.7. The van der Waals surface area contributed by atoms with Gasteiger partial charge in [0.05, 0.1) is 14.2 Å². The summed E-state index contributed by atoms with van der Waals surface area (Å²) in [5.74, 6) is 2.20. The number of carbonyl (C=O) groups excluding carboxylic acids is 1. The van der Waals surface area contributed by atoms with Crippen LogP contribution in [0.15, 0.2) is 78.9 Å². The first kappa shape index (κ1) is 25.8. The Balaban J connectivity index is 1.34. The molecule has 5 heteroatoms. The first-order valence-electron chi connectivity index (χ1n) is 13.4. The largest absolute Gasteiger partial charge is 0.497 e. The Labute approximate surface area is 224 Å². The minimum atomic E-state index is -0.0511. The molecule has 0 atom stereocenters. The average Bonchev–Trinajstić information content (AvgIpc) is 3.25. The number of hydrogen-bond donors (Lipinski definition) is 0. The van der Waals surface area contributed by atoms with Crippen molar-refractivity contribution in [2.75, 3.05) is 40.5 Å². The molecule has 1 fully saturated rings. The van der Waals surface area contributed by atoms with Gasteiger partial charge in [0.25, 0.3) is 0 Å². The van der Waals surface area contributed by atoms with Gasteiger partial charge in [-0.25, -0.2) is 0 Å². The lowest BCUT2D eigenvalue weighted by Crippen LogP contribution is -2.29. The first-order valence-corrected chi connectivity index (χ1v) is 13.4. The molecule has 196 valence electrons. The van der Waals surface area contributed by atoms with Crippen molar-refractivity contribution in [2.45, 2.75) is 25.7 Å². The number of carbonyl (C=O) groups is 1. The third kappa shape index (κ3) is 6.00. The topological polar surface area (TPSA) is 48.0 Å². The molecule has 0 radical (unpaired) electrons. The molecule has 1 saturated heterocycles.